The van der Waals surface area contributed by atoms with Crippen molar-refractivity contribution in [3.05, 3.63) is 23.8 Å². The second-order valence-electron chi connectivity index (χ2n) is 6.44. The van der Waals surface area contributed by atoms with Gasteiger partial charge in [0.25, 0.3) is 0 Å². The van der Waals surface area contributed by atoms with Gasteiger partial charge in [-0.1, -0.05) is 77.2 Å². The molecule has 20 heavy (non-hydrogen) atoms. The molecule has 0 bridgehead atoms. The first kappa shape index (κ1) is 19.5. The van der Waals surface area contributed by atoms with Gasteiger partial charge in [0.1, 0.15) is 0 Å². The van der Waals surface area contributed by atoms with Crippen LogP contribution in [0.2, 0.25) is 0 Å². The molecule has 0 heterocycles. The van der Waals surface area contributed by atoms with E-state index in [1.54, 1.807) is 5.57 Å². The fourth-order valence-corrected chi connectivity index (χ4v) is 2.42. The Morgan fingerprint density at radius 1 is 1.15 bits per heavy atom. The van der Waals surface area contributed by atoms with Gasteiger partial charge in [-0.25, -0.2) is 0 Å². The van der Waals surface area contributed by atoms with E-state index in [1.165, 1.54) is 57.8 Å². The van der Waals surface area contributed by atoms with Crippen LogP contribution in [0.4, 0.5) is 0 Å². The summed E-state index contributed by atoms with van der Waals surface area (Å²) in [5, 5.41) is 0. The molecular formula is C20H38. The van der Waals surface area contributed by atoms with Crippen LogP contribution in [0.25, 0.3) is 0 Å². The lowest BCUT2D eigenvalue weighted by Gasteiger charge is -2.05. The molecule has 0 amide bonds. The van der Waals surface area contributed by atoms with Crippen molar-refractivity contribution in [1.82, 2.24) is 0 Å². The molecule has 0 N–H and O–H groups in total. The van der Waals surface area contributed by atoms with E-state index in [4.69, 9.17) is 0 Å². The Bertz CT molecular complexity index is 257. The topological polar surface area (TPSA) is 0 Å². The lowest BCUT2D eigenvalue weighted by molar-refractivity contribution is 0.626. The van der Waals surface area contributed by atoms with Gasteiger partial charge in [-0.15, -0.1) is 0 Å². The number of unbranched alkanes of at least 4 members (excludes halogenated alkanes) is 4. The zero-order valence-corrected chi connectivity index (χ0v) is 14.8. The van der Waals surface area contributed by atoms with Crippen LogP contribution in [0.3, 0.4) is 0 Å². The summed E-state index contributed by atoms with van der Waals surface area (Å²) in [7, 11) is 0. The van der Waals surface area contributed by atoms with Gasteiger partial charge in [0.2, 0.25) is 0 Å². The second kappa shape index (κ2) is 13.5. The molecule has 0 aromatic carbocycles. The Balaban J connectivity index is 0.000000621. The lowest BCUT2D eigenvalue weighted by Crippen LogP contribution is -1.90. The molecule has 1 fully saturated rings. The zero-order chi connectivity index (χ0) is 15.2. The van der Waals surface area contributed by atoms with Crippen LogP contribution in [0.1, 0.15) is 92.4 Å². The van der Waals surface area contributed by atoms with Crippen LogP contribution in [-0.4, -0.2) is 0 Å². The average molecular weight is 279 g/mol. The molecule has 0 heteroatoms. The van der Waals surface area contributed by atoms with E-state index in [2.05, 4.69) is 52.8 Å². The molecule has 0 aromatic rings. The molecule has 1 saturated carbocycles. The Morgan fingerprint density at radius 2 is 1.85 bits per heavy atom. The van der Waals surface area contributed by atoms with Crippen molar-refractivity contribution < 1.29 is 0 Å². The van der Waals surface area contributed by atoms with Crippen molar-refractivity contribution in [2.24, 2.45) is 11.8 Å². The standard InChI is InChI=1S/C15H26.C5H12/c1-3-5-6-7-8-9-11-15-13-10-12-14(15)4-2;1-4-5(2)3/h4,9,11,15H,3,5-8,10,12-13H2,1-2H3;5H,4H2,1-3H3/b11-9+,14-4-;. The van der Waals surface area contributed by atoms with E-state index in [0.29, 0.717) is 0 Å². The molecule has 1 unspecified atom stereocenters. The van der Waals surface area contributed by atoms with E-state index < -0.39 is 0 Å². The molecule has 1 rings (SSSR count). The third kappa shape index (κ3) is 10.3. The summed E-state index contributed by atoms with van der Waals surface area (Å²) in [6, 6.07) is 0. The predicted octanol–water partition coefficient (Wildman–Crippen LogP) is 7.31. The third-order valence-corrected chi connectivity index (χ3v) is 4.24. The van der Waals surface area contributed by atoms with Gasteiger partial charge < -0.3 is 0 Å². The van der Waals surface area contributed by atoms with Crippen molar-refractivity contribution in [3.63, 3.8) is 0 Å². The minimum Gasteiger partial charge on any atom is -0.0879 e. The summed E-state index contributed by atoms with van der Waals surface area (Å²) in [6.45, 7) is 11.1. The van der Waals surface area contributed by atoms with Crippen molar-refractivity contribution in [2.75, 3.05) is 0 Å². The molecule has 1 atom stereocenters. The van der Waals surface area contributed by atoms with Crippen molar-refractivity contribution >= 4 is 0 Å². The first-order valence-corrected chi connectivity index (χ1v) is 8.97. The highest BCUT2D eigenvalue weighted by Crippen LogP contribution is 2.31. The number of allylic oxidation sites excluding steroid dienone is 4. The van der Waals surface area contributed by atoms with E-state index >= 15 is 0 Å². The highest BCUT2D eigenvalue weighted by molar-refractivity contribution is 5.16. The predicted molar refractivity (Wildman–Crippen MR) is 94.1 cm³/mol. The highest BCUT2D eigenvalue weighted by atomic mass is 14.2. The summed E-state index contributed by atoms with van der Waals surface area (Å²) in [4.78, 5) is 0. The van der Waals surface area contributed by atoms with Crippen molar-refractivity contribution in [3.8, 4) is 0 Å². The zero-order valence-electron chi connectivity index (χ0n) is 14.8. The maximum atomic E-state index is 2.45. The Labute approximate surface area is 128 Å². The Hall–Kier alpha value is -0.520. The monoisotopic (exact) mass is 278 g/mol. The van der Waals surface area contributed by atoms with Crippen LogP contribution in [0.15, 0.2) is 23.8 Å². The van der Waals surface area contributed by atoms with Gasteiger partial charge >= 0.3 is 0 Å². The van der Waals surface area contributed by atoms with Crippen LogP contribution in [0, 0.1) is 11.8 Å². The summed E-state index contributed by atoms with van der Waals surface area (Å²) in [5.74, 6) is 1.66. The van der Waals surface area contributed by atoms with E-state index in [1.807, 2.05) is 0 Å². The molecule has 118 valence electrons. The van der Waals surface area contributed by atoms with Gasteiger partial charge in [-0.3, -0.25) is 0 Å². The molecule has 0 aliphatic heterocycles. The first-order chi connectivity index (χ1) is 9.65. The van der Waals surface area contributed by atoms with Crippen LogP contribution < -0.4 is 0 Å². The maximum Gasteiger partial charge on any atom is -0.00233 e. The Morgan fingerprint density at radius 3 is 2.40 bits per heavy atom. The third-order valence-electron chi connectivity index (χ3n) is 4.24. The molecular weight excluding hydrogens is 240 g/mol. The minimum absolute atomic E-state index is 0.779. The quantitative estimate of drug-likeness (QED) is 0.338. The molecule has 1 aliphatic carbocycles. The molecule has 0 saturated heterocycles. The molecule has 0 radical (unpaired) electrons. The largest absolute Gasteiger partial charge is 0.0879 e. The van der Waals surface area contributed by atoms with Gasteiger partial charge in [0.05, 0.1) is 0 Å². The highest BCUT2D eigenvalue weighted by Gasteiger charge is 2.16. The van der Waals surface area contributed by atoms with Gasteiger partial charge in [-0.2, -0.15) is 0 Å². The molecule has 0 nitrogen and oxygen atoms in total. The SMILES string of the molecule is C/C=C1/CCCC1/C=C/CCCCCC.CCC(C)C. The van der Waals surface area contributed by atoms with Crippen LogP contribution in [0.5, 0.6) is 0 Å². The average Bonchev–Trinajstić information content (AvgIpc) is 2.90. The molecule has 0 aromatic heterocycles. The van der Waals surface area contributed by atoms with E-state index in [0.717, 1.165) is 11.8 Å². The van der Waals surface area contributed by atoms with Crippen molar-refractivity contribution in [1.29, 1.82) is 0 Å². The summed E-state index contributed by atoms with van der Waals surface area (Å²) < 4.78 is 0. The second-order valence-corrected chi connectivity index (χ2v) is 6.44. The number of hydrogen-bond acceptors (Lipinski definition) is 0. The normalized spacial score (nSPS) is 20.7. The van der Waals surface area contributed by atoms with E-state index in [-0.39, 0.29) is 0 Å². The van der Waals surface area contributed by atoms with E-state index in [9.17, 15) is 0 Å². The van der Waals surface area contributed by atoms with Crippen LogP contribution in [-0.2, 0) is 0 Å². The fraction of sp³-hybridized carbons (Fsp3) is 0.800. The summed E-state index contributed by atoms with van der Waals surface area (Å²) >= 11 is 0. The summed E-state index contributed by atoms with van der Waals surface area (Å²) in [6.07, 6.45) is 19.4. The number of rotatable bonds is 7. The maximum absolute atomic E-state index is 2.45. The van der Waals surface area contributed by atoms with Gasteiger partial charge in [0, 0.05) is 0 Å². The van der Waals surface area contributed by atoms with Crippen LogP contribution >= 0.6 is 0 Å². The van der Waals surface area contributed by atoms with Gasteiger partial charge in [0.15, 0.2) is 0 Å². The molecule has 0 spiro atoms. The smallest absolute Gasteiger partial charge is 0.00233 e. The first-order valence-electron chi connectivity index (χ1n) is 8.97. The summed E-state index contributed by atoms with van der Waals surface area (Å²) in [5.41, 5.74) is 1.67. The molecule has 1 aliphatic rings. The number of hydrogen-bond donors (Lipinski definition) is 0. The van der Waals surface area contributed by atoms with Gasteiger partial charge in [-0.05, 0) is 50.9 Å². The van der Waals surface area contributed by atoms with Crippen molar-refractivity contribution in [2.45, 2.75) is 92.4 Å². The minimum atomic E-state index is 0.779. The Kier molecular flexibility index (Phi) is 13.1. The lowest BCUT2D eigenvalue weighted by atomic mass is 10.0. The fourth-order valence-electron chi connectivity index (χ4n) is 2.42.